The summed E-state index contributed by atoms with van der Waals surface area (Å²) in [6.07, 6.45) is 0. The Bertz CT molecular complexity index is 171. The quantitative estimate of drug-likeness (QED) is 0.290. The van der Waals surface area contributed by atoms with Crippen LogP contribution in [0.2, 0.25) is 0 Å². The van der Waals surface area contributed by atoms with Crippen LogP contribution in [-0.4, -0.2) is 23.4 Å². The molecule has 0 atom stereocenters. The second-order valence-corrected chi connectivity index (χ2v) is 2.04. The van der Waals surface area contributed by atoms with Gasteiger partial charge in [0, 0.05) is 0 Å². The first kappa shape index (κ1) is 11.8. The van der Waals surface area contributed by atoms with Crippen molar-refractivity contribution in [2.75, 3.05) is 0 Å². The number of rotatable bonds is 0. The summed E-state index contributed by atoms with van der Waals surface area (Å²) in [7, 11) is -4.82. The van der Waals surface area contributed by atoms with Crippen molar-refractivity contribution in [1.29, 1.82) is 0 Å². The molecule has 0 rings (SSSR count). The summed E-state index contributed by atoms with van der Waals surface area (Å²) in [5.74, 6) is 0. The van der Waals surface area contributed by atoms with Gasteiger partial charge >= 0.3 is 66.8 Å². The minimum atomic E-state index is -4.82. The molecule has 0 saturated carbocycles. The fraction of sp³-hybridized carbons (Fsp3) is 0. The molecule has 0 amide bonds. The van der Waals surface area contributed by atoms with Gasteiger partial charge in [-0.05, 0) is 0 Å². The minimum Gasteiger partial charge on any atom is -1.00 e. The summed E-state index contributed by atoms with van der Waals surface area (Å²) in [6.45, 7) is 0. The van der Waals surface area contributed by atoms with Crippen LogP contribution in [0.25, 0.3) is 0 Å². The van der Waals surface area contributed by atoms with E-state index in [0.29, 0.717) is 0 Å². The van der Waals surface area contributed by atoms with Crippen LogP contribution in [0, 0.1) is 0 Å². The first-order valence-electron chi connectivity index (χ1n) is 1.15. The van der Waals surface area contributed by atoms with E-state index < -0.39 is 15.4 Å². The van der Waals surface area contributed by atoms with Crippen LogP contribution in [-0.2, 0) is 10.1 Å². The summed E-state index contributed by atoms with van der Waals surface area (Å²) < 4.78 is 26.0. The molecule has 0 unspecified atom stereocenters. The van der Waals surface area contributed by atoms with Gasteiger partial charge in [0.15, 0.2) is 0 Å². The van der Waals surface area contributed by atoms with E-state index in [4.69, 9.17) is 9.66 Å². The number of hydrogen-bond acceptors (Lipinski definition) is 3. The Kier molecular flexibility index (Phi) is 5.79. The zero-order valence-corrected chi connectivity index (χ0v) is 7.97. The van der Waals surface area contributed by atoms with Crippen molar-refractivity contribution in [3.8, 4) is 0 Å². The molecule has 0 heterocycles. The third-order valence-electron chi connectivity index (χ3n) is 0.221. The van der Waals surface area contributed by atoms with E-state index >= 15 is 0 Å². The van der Waals surface area contributed by atoms with Crippen LogP contribution in [0.15, 0.2) is 0 Å². The topological polar surface area (TPSA) is 91.7 Å². The van der Waals surface area contributed by atoms with Gasteiger partial charge in [-0.15, -0.1) is 0 Å². The van der Waals surface area contributed by atoms with Crippen molar-refractivity contribution in [1.82, 2.24) is 0 Å². The number of carboxylic acid groups (broad SMARTS) is 1. The van der Waals surface area contributed by atoms with Crippen molar-refractivity contribution in [3.05, 3.63) is 0 Å². The summed E-state index contributed by atoms with van der Waals surface area (Å²) in [6, 6.07) is 0. The maximum Gasteiger partial charge on any atom is 1.00 e. The van der Waals surface area contributed by atoms with E-state index in [2.05, 4.69) is 0 Å². The van der Waals surface area contributed by atoms with E-state index in [1.807, 2.05) is 0 Å². The van der Waals surface area contributed by atoms with Crippen LogP contribution in [0.5, 0.6) is 0 Å². The Hall–Kier alpha value is 1.02. The van der Waals surface area contributed by atoms with Gasteiger partial charge in [0.25, 0.3) is 0 Å². The van der Waals surface area contributed by atoms with Crippen molar-refractivity contribution >= 4 is 15.4 Å². The summed E-state index contributed by atoms with van der Waals surface area (Å²) in [5, 5.41) is 5.18. The molecule has 2 N–H and O–H groups in total. The molecular formula is CH3KO5S. The third kappa shape index (κ3) is 5.16. The van der Waals surface area contributed by atoms with Gasteiger partial charge in [0.2, 0.25) is 0 Å². The molecule has 7 heteroatoms. The van der Waals surface area contributed by atoms with Gasteiger partial charge < -0.3 is 6.53 Å². The molecule has 0 aliphatic rings. The largest absolute Gasteiger partial charge is 1.00 e. The van der Waals surface area contributed by atoms with Gasteiger partial charge in [0.1, 0.15) is 0 Å². The molecule has 0 aliphatic carbocycles. The van der Waals surface area contributed by atoms with Gasteiger partial charge in [0.05, 0.1) is 0 Å². The molecule has 5 nitrogen and oxygen atoms in total. The summed E-state index contributed by atoms with van der Waals surface area (Å²) >= 11 is 0. The summed E-state index contributed by atoms with van der Waals surface area (Å²) in [5.41, 5.74) is 0. The zero-order valence-electron chi connectivity index (χ0n) is 5.03. The van der Waals surface area contributed by atoms with Gasteiger partial charge in [-0.25, -0.2) is 4.79 Å². The fourth-order valence-corrected chi connectivity index (χ4v) is 0. The van der Waals surface area contributed by atoms with Crippen molar-refractivity contribution < 1.29 is 75.7 Å². The van der Waals surface area contributed by atoms with Crippen LogP contribution in [0.3, 0.4) is 0 Å². The van der Waals surface area contributed by atoms with Crippen LogP contribution in [0.1, 0.15) is 1.43 Å². The van der Waals surface area contributed by atoms with Crippen molar-refractivity contribution in [3.63, 3.8) is 0 Å². The second-order valence-electron chi connectivity index (χ2n) is 0.741. The van der Waals surface area contributed by atoms with E-state index in [-0.39, 0.29) is 52.8 Å². The van der Waals surface area contributed by atoms with Crippen molar-refractivity contribution in [2.24, 2.45) is 0 Å². The Balaban J connectivity index is -0.000000180. The Labute approximate surface area is 89.7 Å². The maximum absolute atomic E-state index is 9.29. The monoisotopic (exact) mass is 166 g/mol. The average Bonchev–Trinajstić information content (AvgIpc) is 1.31. The van der Waals surface area contributed by atoms with E-state index in [9.17, 15) is 13.2 Å². The molecule has 44 valence electrons. The molecule has 0 aromatic rings. The Morgan fingerprint density at radius 3 is 1.62 bits per heavy atom. The van der Waals surface area contributed by atoms with E-state index in [1.54, 1.807) is 0 Å². The molecule has 0 radical (unpaired) electrons. The molecule has 0 aromatic carbocycles. The SMILES string of the molecule is O=C(O)S(=O)(=O)O.[H-].[K+]. The molecule has 8 heavy (non-hydrogen) atoms. The van der Waals surface area contributed by atoms with Gasteiger partial charge in [-0.3, -0.25) is 4.55 Å². The van der Waals surface area contributed by atoms with Crippen LogP contribution >= 0.6 is 0 Å². The van der Waals surface area contributed by atoms with Crippen LogP contribution in [0.4, 0.5) is 4.79 Å². The smallest absolute Gasteiger partial charge is 1.00 e. The van der Waals surface area contributed by atoms with Gasteiger partial charge in [-0.1, -0.05) is 0 Å². The van der Waals surface area contributed by atoms with E-state index in [0.717, 1.165) is 0 Å². The molecule has 0 spiro atoms. The van der Waals surface area contributed by atoms with Crippen molar-refractivity contribution in [2.45, 2.75) is 0 Å². The predicted octanol–water partition coefficient (Wildman–Crippen LogP) is -3.33. The number of hydrogen-bond donors (Lipinski definition) is 2. The minimum absolute atomic E-state index is 0. The fourth-order valence-electron chi connectivity index (χ4n) is 0. The van der Waals surface area contributed by atoms with Crippen LogP contribution < -0.4 is 51.4 Å². The Morgan fingerprint density at radius 1 is 1.50 bits per heavy atom. The third-order valence-corrected chi connectivity index (χ3v) is 0.662. The summed E-state index contributed by atoms with van der Waals surface area (Å²) in [4.78, 5) is 9.18. The predicted molar refractivity (Wildman–Crippen MR) is 20.7 cm³/mol. The molecule has 0 bridgehead atoms. The zero-order chi connectivity index (χ0) is 6.08. The second kappa shape index (κ2) is 3.93. The maximum atomic E-state index is 9.29. The van der Waals surface area contributed by atoms with E-state index in [1.165, 1.54) is 0 Å². The molecule has 0 aromatic heterocycles. The van der Waals surface area contributed by atoms with Gasteiger partial charge in [-0.2, -0.15) is 8.42 Å². The molecule has 0 fully saturated rings. The molecule has 0 saturated heterocycles. The average molecular weight is 166 g/mol. The first-order valence-corrected chi connectivity index (χ1v) is 2.59. The first-order chi connectivity index (χ1) is 2.94. The Morgan fingerprint density at radius 2 is 1.62 bits per heavy atom. The normalized spacial score (nSPS) is 9.62. The number of carbonyl (C=O) groups is 1. The molecular weight excluding hydrogens is 163 g/mol. The standard InChI is InChI=1S/CH2O5S.K.H/c2-1(3)7(4,5)6;;/h(H,2,3)(H,4,5,6);;/q;+1;-1. The molecule has 0 aliphatic heterocycles.